The van der Waals surface area contributed by atoms with Gasteiger partial charge in [-0.15, -0.1) is 0 Å². The van der Waals surface area contributed by atoms with Crippen LogP contribution in [0.3, 0.4) is 0 Å². The second kappa shape index (κ2) is 12.9. The van der Waals surface area contributed by atoms with Crippen molar-refractivity contribution in [2.24, 2.45) is 0 Å². The van der Waals surface area contributed by atoms with E-state index >= 15 is 0 Å². The van der Waals surface area contributed by atoms with Gasteiger partial charge in [0, 0.05) is 6.08 Å². The summed E-state index contributed by atoms with van der Waals surface area (Å²) in [7, 11) is 0. The van der Waals surface area contributed by atoms with E-state index < -0.39 is 11.9 Å². The van der Waals surface area contributed by atoms with Gasteiger partial charge in [-0.05, 0) is 37.5 Å². The molecular formula is C22H30O4. The molecule has 0 amide bonds. The van der Waals surface area contributed by atoms with Gasteiger partial charge in [0.2, 0.25) is 0 Å². The van der Waals surface area contributed by atoms with Crippen LogP contribution in [0, 0.1) is 0 Å². The monoisotopic (exact) mass is 358 g/mol. The number of ether oxygens (including phenoxy) is 2. The third kappa shape index (κ3) is 9.21. The molecular weight excluding hydrogens is 328 g/mol. The van der Waals surface area contributed by atoms with Crippen LogP contribution in [0.15, 0.2) is 48.8 Å². The highest BCUT2D eigenvalue weighted by atomic mass is 16.5. The molecule has 0 saturated heterocycles. The maximum Gasteiger partial charge on any atom is 0.342 e. The Kier molecular flexibility index (Phi) is 10.8. The Morgan fingerprint density at radius 1 is 1.00 bits per heavy atom. The predicted molar refractivity (Wildman–Crippen MR) is 104 cm³/mol. The number of hydrogen-bond donors (Lipinski definition) is 0. The van der Waals surface area contributed by atoms with Crippen molar-refractivity contribution in [1.29, 1.82) is 0 Å². The van der Waals surface area contributed by atoms with Crippen molar-refractivity contribution in [2.75, 3.05) is 0 Å². The zero-order chi connectivity index (χ0) is 19.2. The minimum absolute atomic E-state index is 0.201. The van der Waals surface area contributed by atoms with Crippen molar-refractivity contribution >= 4 is 11.9 Å². The van der Waals surface area contributed by atoms with Gasteiger partial charge in [0.1, 0.15) is 12.0 Å². The molecule has 0 aliphatic carbocycles. The topological polar surface area (TPSA) is 52.6 Å². The molecule has 0 saturated carbocycles. The highest BCUT2D eigenvalue weighted by molar-refractivity contribution is 5.90. The minimum Gasteiger partial charge on any atom is -0.431 e. The molecule has 0 fully saturated rings. The zero-order valence-electron chi connectivity index (χ0n) is 16.0. The molecule has 0 heterocycles. The van der Waals surface area contributed by atoms with Gasteiger partial charge in [0.25, 0.3) is 0 Å². The summed E-state index contributed by atoms with van der Waals surface area (Å²) in [5.74, 6) is -0.699. The van der Waals surface area contributed by atoms with Crippen molar-refractivity contribution < 1.29 is 19.1 Å². The SMILES string of the molecule is C=CC(=O)OC=C(C)C(=O)Oc1ccc(CCCCCCCCC)cc1. The van der Waals surface area contributed by atoms with Crippen LogP contribution in [-0.4, -0.2) is 11.9 Å². The maximum absolute atomic E-state index is 11.9. The zero-order valence-corrected chi connectivity index (χ0v) is 16.0. The largest absolute Gasteiger partial charge is 0.431 e. The van der Waals surface area contributed by atoms with Gasteiger partial charge < -0.3 is 9.47 Å². The first kappa shape index (κ1) is 21.7. The third-order valence-corrected chi connectivity index (χ3v) is 4.04. The molecule has 0 radical (unpaired) electrons. The summed E-state index contributed by atoms with van der Waals surface area (Å²) in [6.45, 7) is 7.04. The minimum atomic E-state index is -0.619. The summed E-state index contributed by atoms with van der Waals surface area (Å²) < 4.78 is 9.95. The van der Waals surface area contributed by atoms with E-state index in [9.17, 15) is 9.59 Å². The Morgan fingerprint density at radius 3 is 2.23 bits per heavy atom. The predicted octanol–water partition coefficient (Wildman–Crippen LogP) is 5.52. The molecule has 142 valence electrons. The van der Waals surface area contributed by atoms with Crippen LogP contribution in [0.1, 0.15) is 64.4 Å². The van der Waals surface area contributed by atoms with E-state index in [-0.39, 0.29) is 5.57 Å². The summed E-state index contributed by atoms with van der Waals surface area (Å²) >= 11 is 0. The molecule has 0 aliphatic rings. The molecule has 0 aliphatic heterocycles. The quantitative estimate of drug-likeness (QED) is 0.162. The van der Waals surface area contributed by atoms with Gasteiger partial charge in [-0.3, -0.25) is 0 Å². The number of carbonyl (C=O) groups is 2. The maximum atomic E-state index is 11.9. The lowest BCUT2D eigenvalue weighted by Crippen LogP contribution is -2.10. The molecule has 1 aromatic carbocycles. The Hall–Kier alpha value is -2.36. The van der Waals surface area contributed by atoms with Crippen LogP contribution < -0.4 is 4.74 Å². The number of rotatable bonds is 12. The number of unbranched alkanes of at least 4 members (excludes halogenated alkanes) is 6. The van der Waals surface area contributed by atoms with Gasteiger partial charge in [-0.2, -0.15) is 0 Å². The van der Waals surface area contributed by atoms with Gasteiger partial charge >= 0.3 is 11.9 Å². The van der Waals surface area contributed by atoms with Gasteiger partial charge in [-0.1, -0.05) is 64.2 Å². The van der Waals surface area contributed by atoms with E-state index in [1.807, 2.05) is 12.1 Å². The first-order valence-corrected chi connectivity index (χ1v) is 9.37. The van der Waals surface area contributed by atoms with E-state index in [2.05, 4.69) is 13.5 Å². The highest BCUT2D eigenvalue weighted by Crippen LogP contribution is 2.16. The Bertz CT molecular complexity index is 599. The van der Waals surface area contributed by atoms with Crippen molar-refractivity contribution in [3.05, 3.63) is 54.3 Å². The van der Waals surface area contributed by atoms with E-state index in [0.29, 0.717) is 5.75 Å². The Labute approximate surface area is 156 Å². The summed E-state index contributed by atoms with van der Waals surface area (Å²) in [5, 5.41) is 0. The van der Waals surface area contributed by atoms with Crippen molar-refractivity contribution in [2.45, 2.75) is 65.2 Å². The van der Waals surface area contributed by atoms with Crippen LogP contribution in [0.25, 0.3) is 0 Å². The normalized spacial score (nSPS) is 11.1. The molecule has 0 atom stereocenters. The number of aryl methyl sites for hydroxylation is 1. The van der Waals surface area contributed by atoms with Crippen LogP contribution in [0.5, 0.6) is 5.75 Å². The molecule has 0 unspecified atom stereocenters. The summed E-state index contributed by atoms with van der Waals surface area (Å²) in [4.78, 5) is 22.9. The fraction of sp³-hybridized carbons (Fsp3) is 0.455. The van der Waals surface area contributed by atoms with Gasteiger partial charge in [0.05, 0.1) is 5.57 Å². The van der Waals surface area contributed by atoms with E-state index in [1.54, 1.807) is 12.1 Å². The average Bonchev–Trinajstić information content (AvgIpc) is 2.66. The lowest BCUT2D eigenvalue weighted by Gasteiger charge is -2.06. The number of hydrogen-bond acceptors (Lipinski definition) is 4. The molecule has 4 nitrogen and oxygen atoms in total. The van der Waals surface area contributed by atoms with Crippen molar-refractivity contribution in [1.82, 2.24) is 0 Å². The molecule has 1 rings (SSSR count). The van der Waals surface area contributed by atoms with Crippen LogP contribution in [0.2, 0.25) is 0 Å². The molecule has 0 aromatic heterocycles. The lowest BCUT2D eigenvalue weighted by molar-refractivity contribution is -0.132. The van der Waals surface area contributed by atoms with Crippen molar-refractivity contribution in [3.63, 3.8) is 0 Å². The average molecular weight is 358 g/mol. The first-order chi connectivity index (χ1) is 12.6. The lowest BCUT2D eigenvalue weighted by atomic mass is 10.0. The molecule has 0 N–H and O–H groups in total. The second-order valence-corrected chi connectivity index (χ2v) is 6.35. The smallest absolute Gasteiger partial charge is 0.342 e. The molecule has 26 heavy (non-hydrogen) atoms. The van der Waals surface area contributed by atoms with Crippen molar-refractivity contribution in [3.8, 4) is 5.75 Å². The first-order valence-electron chi connectivity index (χ1n) is 9.37. The molecule has 0 bridgehead atoms. The number of benzene rings is 1. The summed E-state index contributed by atoms with van der Waals surface area (Å²) in [6, 6.07) is 7.54. The van der Waals surface area contributed by atoms with Crippen LogP contribution in [0.4, 0.5) is 0 Å². The van der Waals surface area contributed by atoms with E-state index in [1.165, 1.54) is 57.4 Å². The molecule has 0 spiro atoms. The number of carbonyl (C=O) groups excluding carboxylic acids is 2. The van der Waals surface area contributed by atoms with Crippen LogP contribution in [-0.2, 0) is 20.7 Å². The fourth-order valence-electron chi connectivity index (χ4n) is 2.44. The van der Waals surface area contributed by atoms with E-state index in [4.69, 9.17) is 9.47 Å². The Balaban J connectivity index is 2.34. The third-order valence-electron chi connectivity index (χ3n) is 4.04. The van der Waals surface area contributed by atoms with Gasteiger partial charge in [-0.25, -0.2) is 9.59 Å². The summed E-state index contributed by atoms with van der Waals surface area (Å²) in [5.41, 5.74) is 1.44. The number of esters is 2. The summed E-state index contributed by atoms with van der Waals surface area (Å²) in [6.07, 6.45) is 12.2. The van der Waals surface area contributed by atoms with E-state index in [0.717, 1.165) is 18.8 Å². The Morgan fingerprint density at radius 2 is 1.62 bits per heavy atom. The van der Waals surface area contributed by atoms with Gasteiger partial charge in [0.15, 0.2) is 0 Å². The van der Waals surface area contributed by atoms with Crippen LogP contribution >= 0.6 is 0 Å². The molecule has 1 aromatic rings. The molecule has 4 heteroatoms. The second-order valence-electron chi connectivity index (χ2n) is 6.35. The fourth-order valence-corrected chi connectivity index (χ4v) is 2.44. The standard InChI is InChI=1S/C22H30O4/c1-4-6-7-8-9-10-11-12-19-13-15-20(16-14-19)26-22(24)18(3)17-25-21(23)5-2/h5,13-17H,2,4,6-12H2,1,3H3. The highest BCUT2D eigenvalue weighted by Gasteiger charge is 2.09.